The van der Waals surface area contributed by atoms with E-state index in [1.54, 1.807) is 4.68 Å². The first-order chi connectivity index (χ1) is 8.83. The van der Waals surface area contributed by atoms with Crippen LogP contribution in [0.15, 0.2) is 16.8 Å². The van der Waals surface area contributed by atoms with Crippen molar-refractivity contribution in [2.45, 2.75) is 31.7 Å². The molecule has 0 bridgehead atoms. The molecule has 0 amide bonds. The van der Waals surface area contributed by atoms with Gasteiger partial charge in [-0.1, -0.05) is 18.0 Å². The van der Waals surface area contributed by atoms with E-state index in [4.69, 9.17) is 4.52 Å². The minimum absolute atomic E-state index is 0.192. The van der Waals surface area contributed by atoms with Crippen molar-refractivity contribution in [2.75, 3.05) is 6.54 Å². The van der Waals surface area contributed by atoms with E-state index in [-0.39, 0.29) is 6.04 Å². The molecule has 0 spiro atoms. The molecule has 6 nitrogen and oxygen atoms in total. The summed E-state index contributed by atoms with van der Waals surface area (Å²) in [5.74, 6) is 1.24. The number of hydrogen-bond donors (Lipinski definition) is 1. The van der Waals surface area contributed by atoms with Crippen LogP contribution in [0.5, 0.6) is 0 Å². The number of nitrogens with zero attached hydrogens (tertiary/aromatic N) is 4. The van der Waals surface area contributed by atoms with Crippen molar-refractivity contribution in [1.29, 1.82) is 0 Å². The minimum atomic E-state index is 0.192. The summed E-state index contributed by atoms with van der Waals surface area (Å²) >= 11 is 0. The Hall–Kier alpha value is -1.69. The summed E-state index contributed by atoms with van der Waals surface area (Å²) in [7, 11) is 1.87. The quantitative estimate of drug-likeness (QED) is 0.874. The van der Waals surface area contributed by atoms with Crippen molar-refractivity contribution in [1.82, 2.24) is 25.2 Å². The van der Waals surface area contributed by atoms with Gasteiger partial charge in [0.05, 0.1) is 6.04 Å². The van der Waals surface area contributed by atoms with Crippen molar-refractivity contribution in [3.63, 3.8) is 0 Å². The van der Waals surface area contributed by atoms with Gasteiger partial charge in [0.2, 0.25) is 11.7 Å². The molecule has 1 aliphatic rings. The molecule has 3 heterocycles. The van der Waals surface area contributed by atoms with Crippen molar-refractivity contribution < 1.29 is 4.52 Å². The molecule has 1 aliphatic heterocycles. The number of nitrogens with one attached hydrogen (secondary N) is 1. The number of hydrogen-bond acceptors (Lipinski definition) is 5. The third-order valence-corrected chi connectivity index (χ3v) is 3.24. The van der Waals surface area contributed by atoms with Crippen LogP contribution in [0.25, 0.3) is 11.5 Å². The first kappa shape index (κ1) is 11.4. The average Bonchev–Trinajstić information content (AvgIpc) is 2.92. The highest BCUT2D eigenvalue weighted by molar-refractivity contribution is 5.46. The van der Waals surface area contributed by atoms with E-state index in [2.05, 4.69) is 20.6 Å². The van der Waals surface area contributed by atoms with Gasteiger partial charge in [-0.15, -0.1) is 0 Å². The molecule has 6 heteroatoms. The summed E-state index contributed by atoms with van der Waals surface area (Å²) < 4.78 is 7.08. The molecule has 0 radical (unpaired) electrons. The fourth-order valence-corrected chi connectivity index (χ4v) is 2.25. The van der Waals surface area contributed by atoms with E-state index in [1.165, 1.54) is 19.3 Å². The molecule has 2 aromatic heterocycles. The molecule has 0 aromatic carbocycles. The Morgan fingerprint density at radius 3 is 3.17 bits per heavy atom. The summed E-state index contributed by atoms with van der Waals surface area (Å²) in [6.07, 6.45) is 6.63. The van der Waals surface area contributed by atoms with E-state index in [9.17, 15) is 0 Å². The van der Waals surface area contributed by atoms with Crippen LogP contribution in [0.2, 0.25) is 0 Å². The van der Waals surface area contributed by atoms with Crippen LogP contribution in [0, 0.1) is 0 Å². The smallest absolute Gasteiger partial charge is 0.244 e. The predicted molar refractivity (Wildman–Crippen MR) is 65.7 cm³/mol. The van der Waals surface area contributed by atoms with Gasteiger partial charge in [-0.05, 0) is 25.5 Å². The van der Waals surface area contributed by atoms with Crippen LogP contribution >= 0.6 is 0 Å². The first-order valence-corrected chi connectivity index (χ1v) is 6.40. The molecule has 1 unspecified atom stereocenters. The van der Waals surface area contributed by atoms with Gasteiger partial charge in [-0.3, -0.25) is 4.68 Å². The lowest BCUT2D eigenvalue weighted by Gasteiger charge is -2.09. The molecule has 0 saturated carbocycles. The van der Waals surface area contributed by atoms with Crippen molar-refractivity contribution in [2.24, 2.45) is 7.05 Å². The van der Waals surface area contributed by atoms with Gasteiger partial charge >= 0.3 is 0 Å². The molecule has 3 rings (SSSR count). The molecule has 1 fully saturated rings. The second-order valence-electron chi connectivity index (χ2n) is 4.69. The molecular weight excluding hydrogens is 230 g/mol. The lowest BCUT2D eigenvalue weighted by Crippen LogP contribution is -2.20. The van der Waals surface area contributed by atoms with Crippen molar-refractivity contribution in [3.8, 4) is 11.5 Å². The summed E-state index contributed by atoms with van der Waals surface area (Å²) in [5, 5.41) is 11.7. The Morgan fingerprint density at radius 2 is 2.33 bits per heavy atom. The van der Waals surface area contributed by atoms with Gasteiger partial charge in [0.1, 0.15) is 5.69 Å². The minimum Gasteiger partial charge on any atom is -0.337 e. The fourth-order valence-electron chi connectivity index (χ4n) is 2.25. The Bertz CT molecular complexity index is 510. The van der Waals surface area contributed by atoms with Crippen LogP contribution in [0.3, 0.4) is 0 Å². The van der Waals surface area contributed by atoms with Gasteiger partial charge in [0.25, 0.3) is 0 Å². The van der Waals surface area contributed by atoms with Gasteiger partial charge in [-0.25, -0.2) is 0 Å². The Morgan fingerprint density at radius 1 is 1.39 bits per heavy atom. The number of aromatic nitrogens is 4. The lowest BCUT2D eigenvalue weighted by molar-refractivity contribution is 0.327. The SMILES string of the molecule is Cn1ccc(-c2noc(C3CCCCCN3)n2)n1. The topological polar surface area (TPSA) is 68.8 Å². The normalized spacial score (nSPS) is 20.8. The number of rotatable bonds is 2. The van der Waals surface area contributed by atoms with Gasteiger partial charge < -0.3 is 9.84 Å². The zero-order valence-corrected chi connectivity index (χ0v) is 10.5. The summed E-state index contributed by atoms with van der Waals surface area (Å²) in [6, 6.07) is 2.08. The van der Waals surface area contributed by atoms with Gasteiger partial charge in [0, 0.05) is 13.2 Å². The second-order valence-corrected chi connectivity index (χ2v) is 4.69. The van der Waals surface area contributed by atoms with E-state index in [1.807, 2.05) is 19.3 Å². The molecule has 0 aliphatic carbocycles. The fraction of sp³-hybridized carbons (Fsp3) is 0.583. The second kappa shape index (κ2) is 4.89. The molecule has 1 atom stereocenters. The highest BCUT2D eigenvalue weighted by atomic mass is 16.5. The Kier molecular flexibility index (Phi) is 3.10. The Labute approximate surface area is 105 Å². The standard InChI is InChI=1S/C12H17N5O/c1-17-8-6-9(15-17)11-14-12(18-16-11)10-5-3-2-4-7-13-10/h6,8,10,13H,2-5,7H2,1H3. The monoisotopic (exact) mass is 247 g/mol. The van der Waals surface area contributed by atoms with Crippen molar-refractivity contribution in [3.05, 3.63) is 18.2 Å². The van der Waals surface area contributed by atoms with Crippen LogP contribution < -0.4 is 5.32 Å². The third kappa shape index (κ3) is 2.28. The summed E-state index contributed by atoms with van der Waals surface area (Å²) in [5.41, 5.74) is 0.751. The first-order valence-electron chi connectivity index (χ1n) is 6.40. The maximum Gasteiger partial charge on any atom is 0.244 e. The van der Waals surface area contributed by atoms with Crippen LogP contribution in [0.1, 0.15) is 37.6 Å². The number of aryl methyl sites for hydroxylation is 1. The average molecular weight is 247 g/mol. The molecule has 2 aromatic rings. The highest BCUT2D eigenvalue weighted by Gasteiger charge is 2.21. The van der Waals surface area contributed by atoms with E-state index >= 15 is 0 Å². The van der Waals surface area contributed by atoms with Gasteiger partial charge in [0.15, 0.2) is 0 Å². The lowest BCUT2D eigenvalue weighted by atomic mass is 10.1. The van der Waals surface area contributed by atoms with E-state index < -0.39 is 0 Å². The zero-order valence-electron chi connectivity index (χ0n) is 10.5. The Balaban J connectivity index is 1.80. The van der Waals surface area contributed by atoms with Crippen LogP contribution in [0.4, 0.5) is 0 Å². The van der Waals surface area contributed by atoms with Crippen molar-refractivity contribution >= 4 is 0 Å². The van der Waals surface area contributed by atoms with E-state index in [0.29, 0.717) is 11.7 Å². The maximum absolute atomic E-state index is 5.35. The van der Waals surface area contributed by atoms with Crippen LogP contribution in [-0.2, 0) is 7.05 Å². The zero-order chi connectivity index (χ0) is 12.4. The largest absolute Gasteiger partial charge is 0.337 e. The summed E-state index contributed by atoms with van der Waals surface area (Å²) in [4.78, 5) is 4.44. The highest BCUT2D eigenvalue weighted by Crippen LogP contribution is 2.23. The molecule has 96 valence electrons. The molecule has 1 saturated heterocycles. The third-order valence-electron chi connectivity index (χ3n) is 3.24. The van der Waals surface area contributed by atoms with E-state index in [0.717, 1.165) is 18.7 Å². The van der Waals surface area contributed by atoms with Gasteiger partial charge in [-0.2, -0.15) is 10.1 Å². The molecule has 1 N–H and O–H groups in total. The van der Waals surface area contributed by atoms with Crippen LogP contribution in [-0.4, -0.2) is 26.5 Å². The maximum atomic E-state index is 5.35. The molecular formula is C12H17N5O. The summed E-state index contributed by atoms with van der Waals surface area (Å²) in [6.45, 7) is 1.02. The predicted octanol–water partition coefficient (Wildman–Crippen LogP) is 1.67. The molecule has 18 heavy (non-hydrogen) atoms.